The molecular formula is C12H20N4O3. The minimum absolute atomic E-state index is 0.00836. The number of unbranched alkanes of at least 4 members (excludes halogenated alkanes) is 1. The predicted molar refractivity (Wildman–Crippen MR) is 69.7 cm³/mol. The number of hydrogen-bond donors (Lipinski definition) is 3. The van der Waals surface area contributed by atoms with Crippen LogP contribution in [0.1, 0.15) is 36.7 Å². The molecule has 0 aliphatic heterocycles. The van der Waals surface area contributed by atoms with Gasteiger partial charge in [-0.3, -0.25) is 4.79 Å². The molecule has 0 saturated heterocycles. The molecule has 4 N–H and O–H groups in total. The average Bonchev–Trinajstić information content (AvgIpc) is 2.84. The topological polar surface area (TPSA) is 110 Å². The number of aromatic carboxylic acids is 1. The lowest BCUT2D eigenvalue weighted by Crippen LogP contribution is -2.41. The van der Waals surface area contributed by atoms with Crippen molar-refractivity contribution in [2.24, 2.45) is 5.73 Å². The zero-order chi connectivity index (χ0) is 14.3. The van der Waals surface area contributed by atoms with E-state index in [1.54, 1.807) is 4.57 Å². The van der Waals surface area contributed by atoms with Crippen LogP contribution in [-0.4, -0.2) is 39.1 Å². The normalized spacial score (nSPS) is 12.1. The van der Waals surface area contributed by atoms with Crippen molar-refractivity contribution < 1.29 is 14.7 Å². The Morgan fingerprint density at radius 3 is 2.89 bits per heavy atom. The Bertz CT molecular complexity index is 430. The second-order valence-electron chi connectivity index (χ2n) is 4.34. The molecule has 7 nitrogen and oxygen atoms in total. The summed E-state index contributed by atoms with van der Waals surface area (Å²) in [6, 6.07) is -0.475. The van der Waals surface area contributed by atoms with Crippen LogP contribution in [0, 0.1) is 0 Å². The van der Waals surface area contributed by atoms with Gasteiger partial charge in [0.1, 0.15) is 0 Å². The summed E-state index contributed by atoms with van der Waals surface area (Å²) in [7, 11) is 0. The van der Waals surface area contributed by atoms with Gasteiger partial charge in [0, 0.05) is 19.3 Å². The van der Waals surface area contributed by atoms with Crippen molar-refractivity contribution in [1.82, 2.24) is 14.9 Å². The molecule has 1 aromatic rings. The van der Waals surface area contributed by atoms with Crippen molar-refractivity contribution in [3.63, 3.8) is 0 Å². The molecule has 1 atom stereocenters. The first-order chi connectivity index (χ1) is 9.04. The average molecular weight is 268 g/mol. The highest BCUT2D eigenvalue weighted by Gasteiger charge is 2.12. The summed E-state index contributed by atoms with van der Waals surface area (Å²) in [6.07, 6.45) is 5.46. The molecule has 0 aromatic carbocycles. The quantitative estimate of drug-likeness (QED) is 0.624. The van der Waals surface area contributed by atoms with Gasteiger partial charge in [0.25, 0.3) is 0 Å². The van der Waals surface area contributed by atoms with E-state index in [0.717, 1.165) is 12.8 Å². The SMILES string of the molecule is CCCC[C@H](N)C(=O)NCCn1cnc(C(=O)O)c1. The number of carbonyl (C=O) groups is 2. The van der Waals surface area contributed by atoms with Crippen molar-refractivity contribution in [3.8, 4) is 0 Å². The maximum absolute atomic E-state index is 11.6. The highest BCUT2D eigenvalue weighted by molar-refractivity contribution is 5.84. The van der Waals surface area contributed by atoms with Crippen LogP contribution >= 0.6 is 0 Å². The highest BCUT2D eigenvalue weighted by atomic mass is 16.4. The van der Waals surface area contributed by atoms with E-state index in [-0.39, 0.29) is 11.6 Å². The molecule has 1 amide bonds. The van der Waals surface area contributed by atoms with E-state index in [9.17, 15) is 9.59 Å². The predicted octanol–water partition coefficient (Wildman–Crippen LogP) is 0.215. The lowest BCUT2D eigenvalue weighted by atomic mass is 10.1. The van der Waals surface area contributed by atoms with E-state index >= 15 is 0 Å². The summed E-state index contributed by atoms with van der Waals surface area (Å²) < 4.78 is 1.61. The van der Waals surface area contributed by atoms with Gasteiger partial charge in [0.15, 0.2) is 5.69 Å². The Morgan fingerprint density at radius 1 is 1.58 bits per heavy atom. The Hall–Kier alpha value is -1.89. The van der Waals surface area contributed by atoms with Gasteiger partial charge in [-0.05, 0) is 6.42 Å². The summed E-state index contributed by atoms with van der Waals surface area (Å²) in [5, 5.41) is 11.4. The van der Waals surface area contributed by atoms with E-state index in [1.807, 2.05) is 6.92 Å². The number of carboxylic acid groups (broad SMARTS) is 1. The Balaban J connectivity index is 2.29. The van der Waals surface area contributed by atoms with Gasteiger partial charge in [0.05, 0.1) is 12.4 Å². The Kier molecular flexibility index (Phi) is 6.01. The number of nitrogens with two attached hydrogens (primary N) is 1. The molecule has 0 unspecified atom stereocenters. The van der Waals surface area contributed by atoms with Crippen LogP contribution in [0.5, 0.6) is 0 Å². The monoisotopic (exact) mass is 268 g/mol. The number of carboxylic acids is 1. The lowest BCUT2D eigenvalue weighted by molar-refractivity contribution is -0.122. The fourth-order valence-electron chi connectivity index (χ4n) is 1.59. The molecule has 19 heavy (non-hydrogen) atoms. The summed E-state index contributed by atoms with van der Waals surface area (Å²) in [6.45, 7) is 2.91. The molecule has 1 aromatic heterocycles. The van der Waals surface area contributed by atoms with Crippen molar-refractivity contribution in [3.05, 3.63) is 18.2 Å². The lowest BCUT2D eigenvalue weighted by Gasteiger charge is -2.11. The van der Waals surface area contributed by atoms with Gasteiger partial charge >= 0.3 is 5.97 Å². The minimum atomic E-state index is -1.07. The first-order valence-corrected chi connectivity index (χ1v) is 6.33. The molecule has 0 aliphatic rings. The molecule has 1 heterocycles. The largest absolute Gasteiger partial charge is 0.476 e. The summed E-state index contributed by atoms with van der Waals surface area (Å²) >= 11 is 0. The molecular weight excluding hydrogens is 248 g/mol. The van der Waals surface area contributed by atoms with Crippen LogP contribution in [0.4, 0.5) is 0 Å². The molecule has 7 heteroatoms. The van der Waals surface area contributed by atoms with Crippen LogP contribution < -0.4 is 11.1 Å². The van der Waals surface area contributed by atoms with Crippen LogP contribution in [0.25, 0.3) is 0 Å². The van der Waals surface area contributed by atoms with Gasteiger partial charge in [0.2, 0.25) is 5.91 Å². The number of rotatable bonds is 8. The molecule has 0 radical (unpaired) electrons. The Labute approximate surface area is 111 Å². The standard InChI is InChI=1S/C12H20N4O3/c1-2-3-4-9(13)11(17)14-5-6-16-7-10(12(18)19)15-8-16/h7-9H,2-6,13H2,1H3,(H,14,17)(H,18,19)/t9-/m0/s1. The van der Waals surface area contributed by atoms with E-state index in [2.05, 4.69) is 10.3 Å². The maximum Gasteiger partial charge on any atom is 0.356 e. The molecule has 0 saturated carbocycles. The number of aromatic nitrogens is 2. The maximum atomic E-state index is 11.6. The van der Waals surface area contributed by atoms with Crippen molar-refractivity contribution in [2.45, 2.75) is 38.8 Å². The summed E-state index contributed by atoms with van der Waals surface area (Å²) in [5.41, 5.74) is 5.71. The first kappa shape index (κ1) is 15.2. The fraction of sp³-hybridized carbons (Fsp3) is 0.583. The molecule has 1 rings (SSSR count). The number of carbonyl (C=O) groups excluding carboxylic acids is 1. The summed E-state index contributed by atoms with van der Waals surface area (Å²) in [4.78, 5) is 25.9. The van der Waals surface area contributed by atoms with Crippen LogP contribution in [-0.2, 0) is 11.3 Å². The van der Waals surface area contributed by atoms with Crippen molar-refractivity contribution >= 4 is 11.9 Å². The molecule has 0 spiro atoms. The second-order valence-corrected chi connectivity index (χ2v) is 4.34. The third-order valence-electron chi connectivity index (χ3n) is 2.73. The van der Waals surface area contributed by atoms with Crippen molar-refractivity contribution in [1.29, 1.82) is 0 Å². The van der Waals surface area contributed by atoms with E-state index in [0.29, 0.717) is 19.5 Å². The number of nitrogens with one attached hydrogen (secondary N) is 1. The van der Waals surface area contributed by atoms with E-state index < -0.39 is 12.0 Å². The van der Waals surface area contributed by atoms with E-state index in [4.69, 9.17) is 10.8 Å². The minimum Gasteiger partial charge on any atom is -0.476 e. The van der Waals surface area contributed by atoms with Gasteiger partial charge in [-0.2, -0.15) is 0 Å². The summed E-state index contributed by atoms with van der Waals surface area (Å²) in [5.74, 6) is -1.24. The zero-order valence-corrected chi connectivity index (χ0v) is 11.0. The number of hydrogen-bond acceptors (Lipinski definition) is 4. The molecule has 0 aliphatic carbocycles. The fourth-order valence-corrected chi connectivity index (χ4v) is 1.59. The van der Waals surface area contributed by atoms with Crippen LogP contribution in [0.2, 0.25) is 0 Å². The zero-order valence-electron chi connectivity index (χ0n) is 11.0. The van der Waals surface area contributed by atoms with Crippen LogP contribution in [0.3, 0.4) is 0 Å². The Morgan fingerprint density at radius 2 is 2.32 bits per heavy atom. The van der Waals surface area contributed by atoms with Gasteiger partial charge in [-0.15, -0.1) is 0 Å². The second kappa shape index (κ2) is 7.52. The number of amides is 1. The van der Waals surface area contributed by atoms with Gasteiger partial charge in [-0.1, -0.05) is 19.8 Å². The number of imidazole rings is 1. The molecule has 106 valence electrons. The van der Waals surface area contributed by atoms with Crippen molar-refractivity contribution in [2.75, 3.05) is 6.54 Å². The molecule has 0 fully saturated rings. The van der Waals surface area contributed by atoms with Gasteiger partial charge < -0.3 is 20.7 Å². The number of nitrogens with zero attached hydrogens (tertiary/aromatic N) is 2. The first-order valence-electron chi connectivity index (χ1n) is 6.33. The van der Waals surface area contributed by atoms with Crippen LogP contribution in [0.15, 0.2) is 12.5 Å². The molecule has 0 bridgehead atoms. The third-order valence-corrected chi connectivity index (χ3v) is 2.73. The van der Waals surface area contributed by atoms with E-state index in [1.165, 1.54) is 12.5 Å². The highest BCUT2D eigenvalue weighted by Crippen LogP contribution is 1.98. The van der Waals surface area contributed by atoms with Gasteiger partial charge in [-0.25, -0.2) is 9.78 Å². The third kappa shape index (κ3) is 5.09. The smallest absolute Gasteiger partial charge is 0.356 e.